The van der Waals surface area contributed by atoms with Gasteiger partial charge in [0.25, 0.3) is 0 Å². The molecule has 1 saturated heterocycles. The van der Waals surface area contributed by atoms with Crippen molar-refractivity contribution in [2.75, 3.05) is 13.2 Å². The van der Waals surface area contributed by atoms with E-state index in [9.17, 15) is 9.59 Å². The maximum Gasteiger partial charge on any atom is 0.225 e. The second-order valence-electron chi connectivity index (χ2n) is 4.77. The molecule has 0 spiro atoms. The Balaban J connectivity index is 1.94. The molecule has 1 amide bonds. The summed E-state index contributed by atoms with van der Waals surface area (Å²) in [5.41, 5.74) is 2.08. The predicted molar refractivity (Wildman–Crippen MR) is 69.8 cm³/mol. The Kier molecular flexibility index (Phi) is 4.27. The third-order valence-corrected chi connectivity index (χ3v) is 3.27. The number of carbonyl (C=O) groups is 2. The summed E-state index contributed by atoms with van der Waals surface area (Å²) in [5, 5.41) is 2.85. The molecule has 5 heteroatoms. The van der Waals surface area contributed by atoms with Crippen LogP contribution in [0, 0.1) is 12.8 Å². The molecule has 5 nitrogen and oxygen atoms in total. The van der Waals surface area contributed by atoms with Crippen LogP contribution in [0.15, 0.2) is 12.1 Å². The van der Waals surface area contributed by atoms with Crippen LogP contribution in [0.3, 0.4) is 0 Å². The largest absolute Gasteiger partial charge is 0.381 e. The van der Waals surface area contributed by atoms with Gasteiger partial charge in [-0.05, 0) is 32.4 Å². The van der Waals surface area contributed by atoms with E-state index in [0.29, 0.717) is 31.0 Å². The highest BCUT2D eigenvalue weighted by Crippen LogP contribution is 2.12. The third kappa shape index (κ3) is 3.38. The smallest absolute Gasteiger partial charge is 0.225 e. The quantitative estimate of drug-likeness (QED) is 0.829. The molecule has 1 aromatic heterocycles. The number of rotatable bonds is 4. The van der Waals surface area contributed by atoms with Gasteiger partial charge in [0, 0.05) is 17.9 Å². The van der Waals surface area contributed by atoms with Gasteiger partial charge in [-0.25, -0.2) is 0 Å². The maximum atomic E-state index is 11.8. The first-order valence-electron chi connectivity index (χ1n) is 6.41. The van der Waals surface area contributed by atoms with Gasteiger partial charge in [-0.3, -0.25) is 14.6 Å². The van der Waals surface area contributed by atoms with E-state index in [0.717, 1.165) is 12.1 Å². The summed E-state index contributed by atoms with van der Waals surface area (Å²) in [6.45, 7) is 4.86. The van der Waals surface area contributed by atoms with Crippen molar-refractivity contribution in [3.8, 4) is 0 Å². The summed E-state index contributed by atoms with van der Waals surface area (Å²) in [6.07, 6.45) is 0.779. The van der Waals surface area contributed by atoms with E-state index in [2.05, 4.69) is 10.3 Å². The minimum Gasteiger partial charge on any atom is -0.381 e. The molecule has 0 bridgehead atoms. The van der Waals surface area contributed by atoms with Crippen LogP contribution in [0.1, 0.15) is 35.1 Å². The van der Waals surface area contributed by atoms with Crippen LogP contribution in [0.4, 0.5) is 0 Å². The fourth-order valence-corrected chi connectivity index (χ4v) is 2.15. The molecule has 1 atom stereocenters. The van der Waals surface area contributed by atoms with Crippen molar-refractivity contribution < 1.29 is 14.3 Å². The summed E-state index contributed by atoms with van der Waals surface area (Å²) < 4.78 is 5.18. The van der Waals surface area contributed by atoms with Crippen LogP contribution in [0.5, 0.6) is 0 Å². The van der Waals surface area contributed by atoms with E-state index in [1.54, 1.807) is 19.1 Å². The van der Waals surface area contributed by atoms with Crippen molar-refractivity contribution in [2.45, 2.75) is 26.8 Å². The predicted octanol–water partition coefficient (Wildman–Crippen LogP) is 1.25. The zero-order chi connectivity index (χ0) is 13.8. The highest BCUT2D eigenvalue weighted by molar-refractivity contribution is 5.95. The highest BCUT2D eigenvalue weighted by Gasteiger charge is 2.23. The first-order valence-corrected chi connectivity index (χ1v) is 6.41. The van der Waals surface area contributed by atoms with Crippen LogP contribution in [0.2, 0.25) is 0 Å². The van der Waals surface area contributed by atoms with E-state index in [4.69, 9.17) is 4.74 Å². The van der Waals surface area contributed by atoms with Gasteiger partial charge in [0.2, 0.25) is 5.91 Å². The second-order valence-corrected chi connectivity index (χ2v) is 4.77. The first-order chi connectivity index (χ1) is 9.08. The van der Waals surface area contributed by atoms with E-state index in [1.165, 1.54) is 6.92 Å². The number of aryl methyl sites for hydroxylation is 1. The van der Waals surface area contributed by atoms with Crippen molar-refractivity contribution >= 4 is 11.7 Å². The average molecular weight is 262 g/mol. The number of ether oxygens (including phenoxy) is 1. The van der Waals surface area contributed by atoms with E-state index in [1.807, 2.05) is 0 Å². The molecule has 102 valence electrons. The number of hydrogen-bond donors (Lipinski definition) is 1. The number of hydrogen-bond acceptors (Lipinski definition) is 4. The zero-order valence-corrected chi connectivity index (χ0v) is 11.2. The van der Waals surface area contributed by atoms with Gasteiger partial charge >= 0.3 is 0 Å². The molecule has 0 unspecified atom stereocenters. The first kappa shape index (κ1) is 13.7. The molecule has 19 heavy (non-hydrogen) atoms. The average Bonchev–Trinajstić information content (AvgIpc) is 2.89. The number of Topliss-reactive ketones (excluding diaryl/α,β-unsaturated/α-hetero) is 1. The molecule has 1 aromatic rings. The number of aromatic nitrogens is 1. The van der Waals surface area contributed by atoms with Gasteiger partial charge < -0.3 is 10.1 Å². The van der Waals surface area contributed by atoms with Gasteiger partial charge in [0.1, 0.15) is 0 Å². The molecule has 1 N–H and O–H groups in total. The van der Waals surface area contributed by atoms with Crippen LogP contribution in [-0.2, 0) is 16.1 Å². The Morgan fingerprint density at radius 3 is 2.84 bits per heavy atom. The third-order valence-electron chi connectivity index (χ3n) is 3.27. The van der Waals surface area contributed by atoms with Crippen LogP contribution in [-0.4, -0.2) is 29.9 Å². The topological polar surface area (TPSA) is 68.3 Å². The number of nitrogens with one attached hydrogen (secondary N) is 1. The van der Waals surface area contributed by atoms with Crippen molar-refractivity contribution in [1.29, 1.82) is 0 Å². The summed E-state index contributed by atoms with van der Waals surface area (Å²) >= 11 is 0. The fraction of sp³-hybridized carbons (Fsp3) is 0.500. The summed E-state index contributed by atoms with van der Waals surface area (Å²) in [7, 11) is 0. The van der Waals surface area contributed by atoms with Crippen molar-refractivity contribution in [3.63, 3.8) is 0 Å². The van der Waals surface area contributed by atoms with Gasteiger partial charge in [-0.2, -0.15) is 0 Å². The monoisotopic (exact) mass is 262 g/mol. The van der Waals surface area contributed by atoms with Crippen LogP contribution >= 0.6 is 0 Å². The van der Waals surface area contributed by atoms with Crippen molar-refractivity contribution in [2.24, 2.45) is 5.92 Å². The molecule has 1 aliphatic heterocycles. The fourth-order valence-electron chi connectivity index (χ4n) is 2.15. The zero-order valence-electron chi connectivity index (χ0n) is 11.2. The lowest BCUT2D eigenvalue weighted by Crippen LogP contribution is -2.30. The van der Waals surface area contributed by atoms with Gasteiger partial charge in [0.05, 0.1) is 24.8 Å². The molecule has 1 fully saturated rings. The van der Waals surface area contributed by atoms with Gasteiger partial charge in [-0.1, -0.05) is 0 Å². The number of ketones is 1. The van der Waals surface area contributed by atoms with Crippen LogP contribution < -0.4 is 5.32 Å². The normalized spacial score (nSPS) is 18.3. The summed E-state index contributed by atoms with van der Waals surface area (Å²) in [5.74, 6) is -0.0334. The molecule has 1 aliphatic rings. The molecular weight excluding hydrogens is 244 g/mol. The summed E-state index contributed by atoms with van der Waals surface area (Å²) in [6, 6.07) is 3.53. The van der Waals surface area contributed by atoms with Crippen LogP contribution in [0.25, 0.3) is 0 Å². The Morgan fingerprint density at radius 2 is 2.26 bits per heavy atom. The number of carbonyl (C=O) groups excluding carboxylic acids is 2. The number of nitrogens with zero attached hydrogens (tertiary/aromatic N) is 1. The lowest BCUT2D eigenvalue weighted by atomic mass is 10.1. The van der Waals surface area contributed by atoms with Crippen molar-refractivity contribution in [3.05, 3.63) is 29.1 Å². The highest BCUT2D eigenvalue weighted by atomic mass is 16.5. The molecule has 2 rings (SSSR count). The lowest BCUT2D eigenvalue weighted by Gasteiger charge is -2.10. The van der Waals surface area contributed by atoms with E-state index >= 15 is 0 Å². The Labute approximate surface area is 112 Å². The Bertz CT molecular complexity index is 493. The SMILES string of the molecule is CC(=O)c1ccc(CNC(=O)[C@H]2CCOC2)nc1C. The molecule has 0 saturated carbocycles. The molecule has 2 heterocycles. The minimum atomic E-state index is -0.0439. The number of pyridine rings is 1. The summed E-state index contributed by atoms with van der Waals surface area (Å²) in [4.78, 5) is 27.4. The minimum absolute atomic E-state index is 0.00342. The van der Waals surface area contributed by atoms with Crippen molar-refractivity contribution in [1.82, 2.24) is 10.3 Å². The lowest BCUT2D eigenvalue weighted by molar-refractivity contribution is -0.125. The van der Waals surface area contributed by atoms with E-state index in [-0.39, 0.29) is 17.6 Å². The number of amides is 1. The molecular formula is C14H18N2O3. The molecule has 0 radical (unpaired) electrons. The Hall–Kier alpha value is -1.75. The second kappa shape index (κ2) is 5.93. The Morgan fingerprint density at radius 1 is 1.47 bits per heavy atom. The maximum absolute atomic E-state index is 11.8. The standard InChI is InChI=1S/C14H18N2O3/c1-9-13(10(2)17)4-3-12(16-9)7-15-14(18)11-5-6-19-8-11/h3-4,11H,5-8H2,1-2H3,(H,15,18)/t11-/m0/s1. The van der Waals surface area contributed by atoms with Gasteiger partial charge in [0.15, 0.2) is 5.78 Å². The molecule has 0 aliphatic carbocycles. The molecule has 0 aromatic carbocycles. The van der Waals surface area contributed by atoms with E-state index < -0.39 is 0 Å². The van der Waals surface area contributed by atoms with Gasteiger partial charge in [-0.15, -0.1) is 0 Å².